The number of pyridine rings is 1. The number of para-hydroxylation sites is 1. The quantitative estimate of drug-likeness (QED) is 0.245. The molecule has 1 saturated carbocycles. The summed E-state index contributed by atoms with van der Waals surface area (Å²) in [6.45, 7) is 2.90. The first kappa shape index (κ1) is 25.5. The van der Waals surface area contributed by atoms with E-state index in [2.05, 4.69) is 25.4 Å². The van der Waals surface area contributed by atoms with Crippen LogP contribution in [-0.2, 0) is 13.1 Å². The van der Waals surface area contributed by atoms with E-state index in [0.717, 1.165) is 53.5 Å². The molecule has 3 aromatic heterocycles. The molecule has 200 valence electrons. The minimum absolute atomic E-state index is 0.163. The van der Waals surface area contributed by atoms with Crippen molar-refractivity contribution in [2.75, 3.05) is 0 Å². The van der Waals surface area contributed by atoms with Crippen LogP contribution < -0.4 is 5.56 Å². The monoisotopic (exact) mass is 542 g/mol. The molecule has 1 aliphatic rings. The summed E-state index contributed by atoms with van der Waals surface area (Å²) in [6, 6.07) is 19.2. The van der Waals surface area contributed by atoms with E-state index in [0.29, 0.717) is 29.5 Å². The van der Waals surface area contributed by atoms with Crippen molar-refractivity contribution in [1.82, 2.24) is 30.1 Å². The van der Waals surface area contributed by atoms with Crippen LogP contribution in [0.2, 0.25) is 5.02 Å². The van der Waals surface area contributed by atoms with Crippen LogP contribution in [0.5, 0.6) is 0 Å². The van der Waals surface area contributed by atoms with Gasteiger partial charge in [0, 0.05) is 17.1 Å². The zero-order valence-electron chi connectivity index (χ0n) is 21.9. The second-order valence-electron chi connectivity index (χ2n) is 10.3. The van der Waals surface area contributed by atoms with Crippen LogP contribution >= 0.6 is 11.6 Å². The maximum Gasteiger partial charge on any atom is 0.253 e. The van der Waals surface area contributed by atoms with Crippen molar-refractivity contribution in [3.05, 3.63) is 111 Å². The predicted octanol–water partition coefficient (Wildman–Crippen LogP) is 6.37. The van der Waals surface area contributed by atoms with Crippen molar-refractivity contribution < 1.29 is 4.42 Å². The number of furan rings is 1. The van der Waals surface area contributed by atoms with Crippen molar-refractivity contribution in [2.24, 2.45) is 0 Å². The molecule has 3 heterocycles. The molecule has 1 fully saturated rings. The fourth-order valence-electron chi connectivity index (χ4n) is 5.76. The molecule has 39 heavy (non-hydrogen) atoms. The number of tetrazole rings is 1. The Morgan fingerprint density at radius 1 is 1.08 bits per heavy atom. The second kappa shape index (κ2) is 11.2. The fourth-order valence-corrected chi connectivity index (χ4v) is 5.95. The number of hydrogen-bond acceptors (Lipinski definition) is 6. The van der Waals surface area contributed by atoms with Crippen molar-refractivity contribution in [2.45, 2.75) is 64.2 Å². The lowest BCUT2D eigenvalue weighted by Crippen LogP contribution is -2.35. The number of hydrogen-bond donors (Lipinski definition) is 1. The molecular weight excluding hydrogens is 512 g/mol. The van der Waals surface area contributed by atoms with Gasteiger partial charge < -0.3 is 9.40 Å². The van der Waals surface area contributed by atoms with Gasteiger partial charge in [-0.05, 0) is 71.0 Å². The predicted molar refractivity (Wildman–Crippen MR) is 150 cm³/mol. The Morgan fingerprint density at radius 3 is 2.72 bits per heavy atom. The van der Waals surface area contributed by atoms with Gasteiger partial charge in [-0.2, -0.15) is 0 Å². The number of aromatic nitrogens is 5. The highest BCUT2D eigenvalue weighted by molar-refractivity contribution is 6.31. The third-order valence-corrected chi connectivity index (χ3v) is 8.10. The van der Waals surface area contributed by atoms with Gasteiger partial charge in [0.05, 0.1) is 24.4 Å². The van der Waals surface area contributed by atoms with Crippen LogP contribution in [0.25, 0.3) is 10.9 Å². The Hall–Kier alpha value is -3.75. The minimum Gasteiger partial charge on any atom is -0.468 e. The molecular formula is C30H31ClN6O2. The number of halogens is 1. The molecule has 6 rings (SSSR count). The highest BCUT2D eigenvalue weighted by Gasteiger charge is 2.33. The van der Waals surface area contributed by atoms with E-state index in [4.69, 9.17) is 16.0 Å². The molecule has 1 aliphatic carbocycles. The molecule has 1 atom stereocenters. The summed E-state index contributed by atoms with van der Waals surface area (Å²) in [7, 11) is 0. The zero-order chi connectivity index (χ0) is 26.8. The van der Waals surface area contributed by atoms with Gasteiger partial charge in [0.2, 0.25) is 0 Å². The lowest BCUT2D eigenvalue weighted by molar-refractivity contribution is 0.173. The number of H-pyrrole nitrogens is 1. The van der Waals surface area contributed by atoms with Crippen molar-refractivity contribution in [3.8, 4) is 0 Å². The summed E-state index contributed by atoms with van der Waals surface area (Å²) in [5.74, 6) is 1.43. The number of aromatic amines is 1. The first-order valence-electron chi connectivity index (χ1n) is 13.5. The summed E-state index contributed by atoms with van der Waals surface area (Å²) in [5, 5.41) is 14.8. The number of aryl methyl sites for hydroxylation is 1. The third-order valence-electron chi connectivity index (χ3n) is 7.73. The van der Waals surface area contributed by atoms with Gasteiger partial charge in [0.1, 0.15) is 11.8 Å². The average Bonchev–Trinajstić information content (AvgIpc) is 3.64. The zero-order valence-corrected chi connectivity index (χ0v) is 22.6. The number of benzene rings is 2. The van der Waals surface area contributed by atoms with Gasteiger partial charge >= 0.3 is 0 Å². The number of fused-ring (bicyclic) bond motifs is 1. The van der Waals surface area contributed by atoms with Crippen LogP contribution in [-0.4, -0.2) is 30.1 Å². The van der Waals surface area contributed by atoms with Crippen LogP contribution in [0.15, 0.2) is 76.1 Å². The highest BCUT2D eigenvalue weighted by atomic mass is 35.5. The molecule has 1 N–H and O–H groups in total. The van der Waals surface area contributed by atoms with Crippen molar-refractivity contribution >= 4 is 22.5 Å². The molecule has 0 amide bonds. The van der Waals surface area contributed by atoms with Gasteiger partial charge in [-0.15, -0.1) is 5.10 Å². The number of nitrogens with one attached hydrogen (secondary N) is 1. The van der Waals surface area contributed by atoms with Crippen molar-refractivity contribution in [3.63, 3.8) is 0 Å². The molecule has 0 aliphatic heterocycles. The van der Waals surface area contributed by atoms with E-state index in [9.17, 15) is 4.79 Å². The first-order valence-corrected chi connectivity index (χ1v) is 13.9. The molecule has 0 spiro atoms. The van der Waals surface area contributed by atoms with Gasteiger partial charge in [-0.25, -0.2) is 4.68 Å². The Balaban J connectivity index is 1.54. The third kappa shape index (κ3) is 5.27. The smallest absolute Gasteiger partial charge is 0.253 e. The van der Waals surface area contributed by atoms with Gasteiger partial charge in [-0.3, -0.25) is 9.69 Å². The number of nitrogens with zero attached hydrogens (tertiary/aromatic N) is 5. The lowest BCUT2D eigenvalue weighted by atomic mass is 9.95. The standard InChI is InChI=1S/C30H31ClN6O2/c1-20-9-7-11-21-17-25(30(38)32-27(20)21)28(29-33-34-35-37(29)23-12-3-2-4-13-23)36(19-24-14-8-16-39-24)18-22-10-5-6-15-26(22)31/h5-11,14-17,23,28H,2-4,12-13,18-19H2,1H3,(H,32,38)/t28-/m0/s1. The maximum atomic E-state index is 13.8. The Bertz CT molecular complexity index is 1620. The van der Waals surface area contributed by atoms with Gasteiger partial charge in [0.15, 0.2) is 5.82 Å². The summed E-state index contributed by atoms with van der Waals surface area (Å²) >= 11 is 6.64. The Labute approximate surface area is 231 Å². The first-order chi connectivity index (χ1) is 19.1. The van der Waals surface area contributed by atoms with E-state index >= 15 is 0 Å². The molecule has 9 heteroatoms. The normalized spacial score (nSPS) is 15.3. The molecule has 8 nitrogen and oxygen atoms in total. The van der Waals surface area contributed by atoms with Crippen molar-refractivity contribution in [1.29, 1.82) is 0 Å². The van der Waals surface area contributed by atoms with Crippen LogP contribution in [0.4, 0.5) is 0 Å². The summed E-state index contributed by atoms with van der Waals surface area (Å²) in [4.78, 5) is 19.2. The van der Waals surface area contributed by atoms with E-state index in [1.165, 1.54) is 6.42 Å². The van der Waals surface area contributed by atoms with Gasteiger partial charge in [0.25, 0.3) is 5.56 Å². The van der Waals surface area contributed by atoms with E-state index < -0.39 is 6.04 Å². The lowest BCUT2D eigenvalue weighted by Gasteiger charge is -2.32. The number of rotatable bonds is 8. The van der Waals surface area contributed by atoms with Crippen LogP contribution in [0, 0.1) is 6.92 Å². The SMILES string of the molecule is Cc1cccc2cc([C@@H](c3nnnn3C3CCCCC3)N(Cc3ccco3)Cc3ccccc3Cl)c(=O)[nH]c12. The molecule has 5 aromatic rings. The topological polar surface area (TPSA) is 92.8 Å². The van der Waals surface area contributed by atoms with Crippen LogP contribution in [0.1, 0.15) is 72.5 Å². The minimum atomic E-state index is -0.544. The molecule has 0 radical (unpaired) electrons. The largest absolute Gasteiger partial charge is 0.468 e. The summed E-state index contributed by atoms with van der Waals surface area (Å²) < 4.78 is 7.73. The average molecular weight is 543 g/mol. The molecule has 0 saturated heterocycles. The van der Waals surface area contributed by atoms with E-state index in [1.54, 1.807) is 6.26 Å². The molecule has 0 unspecified atom stereocenters. The second-order valence-corrected chi connectivity index (χ2v) is 10.8. The van der Waals surface area contributed by atoms with Crippen LogP contribution in [0.3, 0.4) is 0 Å². The fraction of sp³-hybridized carbons (Fsp3) is 0.333. The van der Waals surface area contributed by atoms with E-state index in [1.807, 2.05) is 72.3 Å². The Kier molecular flexibility index (Phi) is 7.30. The van der Waals surface area contributed by atoms with E-state index in [-0.39, 0.29) is 11.6 Å². The van der Waals surface area contributed by atoms with Gasteiger partial charge in [-0.1, -0.05) is 67.3 Å². The summed E-state index contributed by atoms with van der Waals surface area (Å²) in [6.07, 6.45) is 7.19. The maximum absolute atomic E-state index is 13.8. The Morgan fingerprint density at radius 2 is 1.92 bits per heavy atom. The highest BCUT2D eigenvalue weighted by Crippen LogP contribution is 2.35. The molecule has 2 aromatic carbocycles. The molecule has 0 bridgehead atoms. The summed E-state index contributed by atoms with van der Waals surface area (Å²) in [5.41, 5.74) is 3.21.